The van der Waals surface area contributed by atoms with Gasteiger partial charge in [0.2, 0.25) is 5.91 Å². The average Bonchev–Trinajstić information content (AvgIpc) is 2.82. The van der Waals surface area contributed by atoms with Crippen molar-refractivity contribution >= 4 is 17.8 Å². The Morgan fingerprint density at radius 1 is 1.23 bits per heavy atom. The van der Waals surface area contributed by atoms with Crippen molar-refractivity contribution in [1.29, 1.82) is 0 Å². The number of aliphatic carboxylic acids is 1. The molecule has 1 aliphatic carbocycles. The van der Waals surface area contributed by atoms with Crippen molar-refractivity contribution in [2.75, 3.05) is 13.1 Å². The van der Waals surface area contributed by atoms with E-state index in [1.165, 1.54) is 6.26 Å². The zero-order chi connectivity index (χ0) is 16.1. The van der Waals surface area contributed by atoms with Gasteiger partial charge in [-0.3, -0.25) is 14.4 Å². The second kappa shape index (κ2) is 7.11. The van der Waals surface area contributed by atoms with Crippen LogP contribution >= 0.6 is 0 Å². The third-order valence-corrected chi connectivity index (χ3v) is 3.94. The summed E-state index contributed by atoms with van der Waals surface area (Å²) in [5.41, 5.74) is 0.774. The van der Waals surface area contributed by atoms with Gasteiger partial charge in [0.15, 0.2) is 5.76 Å². The van der Waals surface area contributed by atoms with Gasteiger partial charge in [0, 0.05) is 18.7 Å². The first-order chi connectivity index (χ1) is 10.5. The molecule has 0 saturated heterocycles. The summed E-state index contributed by atoms with van der Waals surface area (Å²) in [5.74, 6) is -2.08. The fourth-order valence-corrected chi connectivity index (χ4v) is 2.43. The SMILES string of the molecule is Cc1ccoc1C(=O)NCCCNC(=O)C1CCC1C(=O)O. The van der Waals surface area contributed by atoms with E-state index in [9.17, 15) is 14.4 Å². The van der Waals surface area contributed by atoms with Gasteiger partial charge in [-0.15, -0.1) is 0 Å². The largest absolute Gasteiger partial charge is 0.481 e. The highest BCUT2D eigenvalue weighted by Crippen LogP contribution is 2.34. The van der Waals surface area contributed by atoms with Gasteiger partial charge in [0.1, 0.15) is 0 Å². The lowest BCUT2D eigenvalue weighted by Gasteiger charge is -2.31. The summed E-state index contributed by atoms with van der Waals surface area (Å²) in [6, 6.07) is 1.71. The minimum Gasteiger partial charge on any atom is -0.481 e. The molecule has 1 aromatic rings. The normalized spacial score (nSPS) is 20.0. The number of rotatable bonds is 7. The molecule has 120 valence electrons. The molecule has 1 aliphatic rings. The van der Waals surface area contributed by atoms with Crippen LogP contribution in [-0.2, 0) is 9.59 Å². The maximum absolute atomic E-state index is 11.8. The molecule has 0 bridgehead atoms. The number of hydrogen-bond donors (Lipinski definition) is 3. The molecule has 1 saturated carbocycles. The van der Waals surface area contributed by atoms with Crippen LogP contribution in [0.4, 0.5) is 0 Å². The van der Waals surface area contributed by atoms with E-state index in [4.69, 9.17) is 9.52 Å². The second-order valence-corrected chi connectivity index (χ2v) is 5.46. The first kappa shape index (κ1) is 16.1. The summed E-state index contributed by atoms with van der Waals surface area (Å²) in [6.07, 6.45) is 3.22. The minimum atomic E-state index is -0.910. The molecule has 22 heavy (non-hydrogen) atoms. The van der Waals surface area contributed by atoms with E-state index in [0.717, 1.165) is 5.56 Å². The number of carbonyl (C=O) groups excluding carboxylic acids is 2. The Bertz CT molecular complexity index is 566. The predicted octanol–water partition coefficient (Wildman–Crippen LogP) is 0.935. The lowest BCUT2D eigenvalue weighted by Crippen LogP contribution is -2.44. The Kier molecular flexibility index (Phi) is 5.19. The summed E-state index contributed by atoms with van der Waals surface area (Å²) in [7, 11) is 0. The van der Waals surface area contributed by atoms with Crippen molar-refractivity contribution in [2.45, 2.75) is 26.2 Å². The average molecular weight is 308 g/mol. The zero-order valence-electron chi connectivity index (χ0n) is 12.4. The number of hydrogen-bond acceptors (Lipinski definition) is 4. The molecule has 0 aromatic carbocycles. The molecule has 0 aliphatic heterocycles. The van der Waals surface area contributed by atoms with E-state index in [-0.39, 0.29) is 11.8 Å². The van der Waals surface area contributed by atoms with Crippen LogP contribution in [0.5, 0.6) is 0 Å². The van der Waals surface area contributed by atoms with Crippen LogP contribution in [0.25, 0.3) is 0 Å². The van der Waals surface area contributed by atoms with E-state index in [0.29, 0.717) is 38.1 Å². The molecule has 2 rings (SSSR count). The summed E-state index contributed by atoms with van der Waals surface area (Å²) >= 11 is 0. The van der Waals surface area contributed by atoms with Gasteiger partial charge in [-0.2, -0.15) is 0 Å². The third-order valence-electron chi connectivity index (χ3n) is 3.94. The number of aryl methyl sites for hydroxylation is 1. The van der Waals surface area contributed by atoms with Gasteiger partial charge in [-0.1, -0.05) is 0 Å². The van der Waals surface area contributed by atoms with Crippen LogP contribution in [0.1, 0.15) is 35.4 Å². The number of carboxylic acid groups (broad SMARTS) is 1. The molecule has 2 unspecified atom stereocenters. The minimum absolute atomic E-state index is 0.216. The van der Waals surface area contributed by atoms with E-state index < -0.39 is 17.8 Å². The Morgan fingerprint density at radius 2 is 1.91 bits per heavy atom. The molecule has 3 N–H and O–H groups in total. The van der Waals surface area contributed by atoms with Crippen molar-refractivity contribution in [3.8, 4) is 0 Å². The summed E-state index contributed by atoms with van der Waals surface area (Å²) < 4.78 is 5.07. The number of furan rings is 1. The van der Waals surface area contributed by atoms with Crippen molar-refractivity contribution in [2.24, 2.45) is 11.8 Å². The number of carbonyl (C=O) groups is 3. The van der Waals surface area contributed by atoms with Crippen LogP contribution in [0.15, 0.2) is 16.7 Å². The molecule has 1 fully saturated rings. The lowest BCUT2D eigenvalue weighted by molar-refractivity contribution is -0.152. The topological polar surface area (TPSA) is 109 Å². The smallest absolute Gasteiger partial charge is 0.307 e. The first-order valence-electron chi connectivity index (χ1n) is 7.33. The summed E-state index contributed by atoms with van der Waals surface area (Å²) in [5, 5.41) is 14.3. The Morgan fingerprint density at radius 3 is 2.45 bits per heavy atom. The molecule has 7 nitrogen and oxygen atoms in total. The van der Waals surface area contributed by atoms with Gasteiger partial charge >= 0.3 is 5.97 Å². The van der Waals surface area contributed by atoms with Crippen molar-refractivity contribution in [3.63, 3.8) is 0 Å². The molecule has 1 heterocycles. The van der Waals surface area contributed by atoms with Crippen molar-refractivity contribution in [1.82, 2.24) is 10.6 Å². The van der Waals surface area contributed by atoms with Gasteiger partial charge < -0.3 is 20.2 Å². The van der Waals surface area contributed by atoms with Crippen molar-refractivity contribution < 1.29 is 23.9 Å². The standard InChI is InChI=1S/C15H20N2O5/c1-9-5-8-22-12(9)14(19)17-7-2-6-16-13(18)10-3-4-11(10)15(20)21/h5,8,10-11H,2-4,6-7H2,1H3,(H,16,18)(H,17,19)(H,20,21). The van der Waals surface area contributed by atoms with Gasteiger partial charge in [0.25, 0.3) is 5.91 Å². The molecular weight excluding hydrogens is 288 g/mol. The first-order valence-corrected chi connectivity index (χ1v) is 7.33. The van der Waals surface area contributed by atoms with Crippen LogP contribution in [0.2, 0.25) is 0 Å². The molecule has 2 amide bonds. The number of amides is 2. The Hall–Kier alpha value is -2.31. The van der Waals surface area contributed by atoms with Gasteiger partial charge in [-0.05, 0) is 32.3 Å². The second-order valence-electron chi connectivity index (χ2n) is 5.46. The monoisotopic (exact) mass is 308 g/mol. The highest BCUT2D eigenvalue weighted by atomic mass is 16.4. The highest BCUT2D eigenvalue weighted by molar-refractivity contribution is 5.92. The molecule has 7 heteroatoms. The van der Waals surface area contributed by atoms with E-state index in [1.54, 1.807) is 13.0 Å². The quantitative estimate of drug-likeness (QED) is 0.649. The third kappa shape index (κ3) is 3.66. The highest BCUT2D eigenvalue weighted by Gasteiger charge is 2.41. The van der Waals surface area contributed by atoms with Crippen LogP contribution in [0, 0.1) is 18.8 Å². The molecule has 0 radical (unpaired) electrons. The van der Waals surface area contributed by atoms with Crippen LogP contribution in [0.3, 0.4) is 0 Å². The molecule has 0 spiro atoms. The fraction of sp³-hybridized carbons (Fsp3) is 0.533. The van der Waals surface area contributed by atoms with Gasteiger partial charge in [0.05, 0.1) is 18.1 Å². The number of carboxylic acids is 1. The van der Waals surface area contributed by atoms with Crippen molar-refractivity contribution in [3.05, 3.63) is 23.7 Å². The Balaban J connectivity index is 1.62. The van der Waals surface area contributed by atoms with Crippen LogP contribution in [-0.4, -0.2) is 36.0 Å². The lowest BCUT2D eigenvalue weighted by atomic mass is 9.73. The molecule has 2 atom stereocenters. The van der Waals surface area contributed by atoms with Crippen LogP contribution < -0.4 is 10.6 Å². The maximum Gasteiger partial charge on any atom is 0.307 e. The van der Waals surface area contributed by atoms with Gasteiger partial charge in [-0.25, -0.2) is 0 Å². The van der Waals surface area contributed by atoms with E-state index in [1.807, 2.05) is 0 Å². The summed E-state index contributed by atoms with van der Waals surface area (Å²) in [6.45, 7) is 2.60. The fourth-order valence-electron chi connectivity index (χ4n) is 2.43. The zero-order valence-corrected chi connectivity index (χ0v) is 12.4. The van der Waals surface area contributed by atoms with E-state index >= 15 is 0 Å². The molecule has 1 aromatic heterocycles. The predicted molar refractivity (Wildman–Crippen MR) is 77.3 cm³/mol. The number of nitrogens with one attached hydrogen (secondary N) is 2. The Labute approximate surface area is 128 Å². The summed E-state index contributed by atoms with van der Waals surface area (Å²) in [4.78, 5) is 34.4. The molecular formula is C15H20N2O5. The van der Waals surface area contributed by atoms with E-state index in [2.05, 4.69) is 10.6 Å². The maximum atomic E-state index is 11.8.